The Balaban J connectivity index is 1.85. The van der Waals surface area contributed by atoms with Crippen LogP contribution in [0.2, 0.25) is 0 Å². The van der Waals surface area contributed by atoms with E-state index in [4.69, 9.17) is 0 Å². The van der Waals surface area contributed by atoms with E-state index >= 15 is 0 Å². The molecule has 1 saturated carbocycles. The molecule has 0 saturated heterocycles. The first-order valence-electron chi connectivity index (χ1n) is 6.53. The maximum absolute atomic E-state index is 9.45. The van der Waals surface area contributed by atoms with Gasteiger partial charge in [-0.3, -0.25) is 0 Å². The van der Waals surface area contributed by atoms with E-state index in [0.717, 1.165) is 12.3 Å². The summed E-state index contributed by atoms with van der Waals surface area (Å²) in [6.07, 6.45) is 7.80. The van der Waals surface area contributed by atoms with Gasteiger partial charge in [-0.2, -0.15) is 0 Å². The van der Waals surface area contributed by atoms with Crippen molar-refractivity contribution in [1.29, 1.82) is 0 Å². The number of rotatable bonds is 5. The molecule has 0 bridgehead atoms. The fourth-order valence-electron chi connectivity index (χ4n) is 2.89. The zero-order chi connectivity index (χ0) is 11.2. The van der Waals surface area contributed by atoms with Crippen molar-refractivity contribution >= 4 is 0 Å². The molecule has 88 valence electrons. The molecular weight excluding hydrogens is 196 g/mol. The van der Waals surface area contributed by atoms with Crippen LogP contribution in [0.15, 0.2) is 30.3 Å². The maximum atomic E-state index is 9.45. The molecule has 1 atom stereocenters. The van der Waals surface area contributed by atoms with Crippen molar-refractivity contribution in [3.05, 3.63) is 35.9 Å². The predicted octanol–water partition coefficient (Wildman–Crippen LogP) is 3.42. The monoisotopic (exact) mass is 218 g/mol. The van der Waals surface area contributed by atoms with E-state index in [1.165, 1.54) is 37.7 Å². The molecule has 1 fully saturated rings. The third-order valence-electron chi connectivity index (χ3n) is 3.77. The summed E-state index contributed by atoms with van der Waals surface area (Å²) in [6, 6.07) is 10.5. The standard InChI is InChI=1S/C15H22O/c16-12-15(11-14-8-4-5-9-14)10-13-6-2-1-3-7-13/h1-3,6-7,14-16H,4-5,8-12H2. The van der Waals surface area contributed by atoms with Crippen LogP contribution in [0.25, 0.3) is 0 Å². The molecule has 1 unspecified atom stereocenters. The Morgan fingerprint density at radius 1 is 1.12 bits per heavy atom. The Kier molecular flexibility index (Phi) is 4.41. The van der Waals surface area contributed by atoms with Crippen molar-refractivity contribution in [2.24, 2.45) is 11.8 Å². The Bertz CT molecular complexity index is 288. The van der Waals surface area contributed by atoms with Gasteiger partial charge in [0.2, 0.25) is 0 Å². The first kappa shape index (κ1) is 11.7. The quantitative estimate of drug-likeness (QED) is 0.803. The molecule has 1 aromatic carbocycles. The lowest BCUT2D eigenvalue weighted by molar-refractivity contribution is 0.200. The minimum atomic E-state index is 0.339. The lowest BCUT2D eigenvalue weighted by atomic mass is 9.89. The molecule has 0 amide bonds. The topological polar surface area (TPSA) is 20.2 Å². The van der Waals surface area contributed by atoms with Gasteiger partial charge in [0.05, 0.1) is 0 Å². The van der Waals surface area contributed by atoms with Crippen molar-refractivity contribution < 1.29 is 5.11 Å². The second-order valence-electron chi connectivity index (χ2n) is 5.12. The Labute approximate surface area is 98.5 Å². The van der Waals surface area contributed by atoms with Crippen LogP contribution in [0.1, 0.15) is 37.7 Å². The Morgan fingerprint density at radius 2 is 1.81 bits per heavy atom. The van der Waals surface area contributed by atoms with Gasteiger partial charge in [-0.05, 0) is 30.2 Å². The van der Waals surface area contributed by atoms with Crippen LogP contribution in [0.3, 0.4) is 0 Å². The maximum Gasteiger partial charge on any atom is 0.0462 e. The molecule has 0 heterocycles. The second kappa shape index (κ2) is 6.05. The van der Waals surface area contributed by atoms with Crippen LogP contribution in [-0.2, 0) is 6.42 Å². The summed E-state index contributed by atoms with van der Waals surface area (Å²) in [4.78, 5) is 0. The largest absolute Gasteiger partial charge is 0.396 e. The van der Waals surface area contributed by atoms with Gasteiger partial charge in [0, 0.05) is 6.61 Å². The van der Waals surface area contributed by atoms with E-state index in [9.17, 15) is 5.11 Å². The van der Waals surface area contributed by atoms with Crippen LogP contribution in [0, 0.1) is 11.8 Å². The van der Waals surface area contributed by atoms with E-state index in [2.05, 4.69) is 30.3 Å². The number of hydrogen-bond donors (Lipinski definition) is 1. The van der Waals surface area contributed by atoms with Gasteiger partial charge in [0.1, 0.15) is 0 Å². The van der Waals surface area contributed by atoms with Crippen LogP contribution < -0.4 is 0 Å². The molecule has 1 aliphatic carbocycles. The summed E-state index contributed by atoms with van der Waals surface area (Å²) in [6.45, 7) is 0.339. The summed E-state index contributed by atoms with van der Waals surface area (Å²) in [5, 5.41) is 9.45. The van der Waals surface area contributed by atoms with Crippen LogP contribution in [0.4, 0.5) is 0 Å². The molecular formula is C15H22O. The molecule has 1 heteroatoms. The van der Waals surface area contributed by atoms with Gasteiger partial charge >= 0.3 is 0 Å². The molecule has 0 radical (unpaired) electrons. The first-order valence-corrected chi connectivity index (χ1v) is 6.53. The van der Waals surface area contributed by atoms with Gasteiger partial charge in [-0.25, -0.2) is 0 Å². The van der Waals surface area contributed by atoms with E-state index in [1.54, 1.807) is 0 Å². The third kappa shape index (κ3) is 3.34. The zero-order valence-corrected chi connectivity index (χ0v) is 9.94. The molecule has 1 aliphatic rings. The smallest absolute Gasteiger partial charge is 0.0462 e. The minimum absolute atomic E-state index is 0.339. The molecule has 0 aliphatic heterocycles. The minimum Gasteiger partial charge on any atom is -0.396 e. The highest BCUT2D eigenvalue weighted by molar-refractivity contribution is 5.15. The molecule has 1 nitrogen and oxygen atoms in total. The molecule has 2 rings (SSSR count). The summed E-state index contributed by atoms with van der Waals surface area (Å²) < 4.78 is 0. The second-order valence-corrected chi connectivity index (χ2v) is 5.12. The number of benzene rings is 1. The number of hydrogen-bond acceptors (Lipinski definition) is 1. The fourth-order valence-corrected chi connectivity index (χ4v) is 2.89. The molecule has 1 N–H and O–H groups in total. The van der Waals surface area contributed by atoms with Crippen molar-refractivity contribution in [1.82, 2.24) is 0 Å². The fraction of sp³-hybridized carbons (Fsp3) is 0.600. The Morgan fingerprint density at radius 3 is 2.44 bits per heavy atom. The van der Waals surface area contributed by atoms with Gasteiger partial charge < -0.3 is 5.11 Å². The van der Waals surface area contributed by atoms with Gasteiger partial charge in [-0.15, -0.1) is 0 Å². The first-order chi connectivity index (χ1) is 7.88. The van der Waals surface area contributed by atoms with E-state index in [-0.39, 0.29) is 0 Å². The van der Waals surface area contributed by atoms with E-state index < -0.39 is 0 Å². The summed E-state index contributed by atoms with van der Waals surface area (Å²) in [5.41, 5.74) is 1.36. The molecule has 0 spiro atoms. The van der Waals surface area contributed by atoms with E-state index in [1.807, 2.05) is 0 Å². The average molecular weight is 218 g/mol. The molecule has 1 aromatic rings. The summed E-state index contributed by atoms with van der Waals surface area (Å²) in [7, 11) is 0. The normalized spacial score (nSPS) is 18.8. The SMILES string of the molecule is OCC(Cc1ccccc1)CC1CCCC1. The molecule has 0 aromatic heterocycles. The highest BCUT2D eigenvalue weighted by Crippen LogP contribution is 2.31. The highest BCUT2D eigenvalue weighted by atomic mass is 16.3. The van der Waals surface area contributed by atoms with Crippen LogP contribution in [-0.4, -0.2) is 11.7 Å². The molecule has 16 heavy (non-hydrogen) atoms. The summed E-state index contributed by atoms with van der Waals surface area (Å²) >= 11 is 0. The van der Waals surface area contributed by atoms with Crippen LogP contribution in [0.5, 0.6) is 0 Å². The zero-order valence-electron chi connectivity index (χ0n) is 9.94. The Hall–Kier alpha value is -0.820. The number of aliphatic hydroxyl groups is 1. The average Bonchev–Trinajstić information content (AvgIpc) is 2.82. The van der Waals surface area contributed by atoms with Gasteiger partial charge in [0.15, 0.2) is 0 Å². The van der Waals surface area contributed by atoms with Crippen molar-refractivity contribution in [3.8, 4) is 0 Å². The highest BCUT2D eigenvalue weighted by Gasteiger charge is 2.19. The van der Waals surface area contributed by atoms with E-state index in [0.29, 0.717) is 12.5 Å². The van der Waals surface area contributed by atoms with Gasteiger partial charge in [-0.1, -0.05) is 56.0 Å². The summed E-state index contributed by atoms with van der Waals surface area (Å²) in [5.74, 6) is 1.34. The predicted molar refractivity (Wildman–Crippen MR) is 67.3 cm³/mol. The lowest BCUT2D eigenvalue weighted by Gasteiger charge is -2.18. The third-order valence-corrected chi connectivity index (χ3v) is 3.77. The lowest BCUT2D eigenvalue weighted by Crippen LogP contribution is -2.13. The van der Waals surface area contributed by atoms with Crippen molar-refractivity contribution in [2.75, 3.05) is 6.61 Å². The number of aliphatic hydroxyl groups excluding tert-OH is 1. The van der Waals surface area contributed by atoms with Crippen LogP contribution >= 0.6 is 0 Å². The van der Waals surface area contributed by atoms with Crippen molar-refractivity contribution in [3.63, 3.8) is 0 Å². The van der Waals surface area contributed by atoms with Crippen molar-refractivity contribution in [2.45, 2.75) is 38.5 Å². The van der Waals surface area contributed by atoms with Gasteiger partial charge in [0.25, 0.3) is 0 Å².